The standard InChI is InChI=1S/C22H28N2O2S/c1-4-5-14-24-20-12-11-18(27(25)26)15-19(20)22(2,3)21(24)13-8-16-6-9-17(23)10-7-16/h6,8-9,11-13,15,23H,4-5,7,10,14H2,1-3H3,(H,25,26)/p+1. The first-order valence-corrected chi connectivity index (χ1v) is 10.7. The van der Waals surface area contributed by atoms with Crippen LogP contribution in [0.1, 0.15) is 52.0 Å². The van der Waals surface area contributed by atoms with Crippen molar-refractivity contribution in [3.63, 3.8) is 0 Å². The molecule has 2 aliphatic rings. The molecule has 1 aliphatic carbocycles. The second kappa shape index (κ2) is 7.95. The first-order valence-electron chi connectivity index (χ1n) is 9.58. The van der Waals surface area contributed by atoms with E-state index in [1.165, 1.54) is 11.3 Å². The van der Waals surface area contributed by atoms with E-state index >= 15 is 0 Å². The first-order chi connectivity index (χ1) is 12.8. The molecular weight excluding hydrogens is 356 g/mol. The second-order valence-electron chi connectivity index (χ2n) is 7.76. The Labute approximate surface area is 164 Å². The van der Waals surface area contributed by atoms with Crippen LogP contribution in [0.5, 0.6) is 0 Å². The second-order valence-corrected chi connectivity index (χ2v) is 8.73. The summed E-state index contributed by atoms with van der Waals surface area (Å²) in [4.78, 5) is 0.457. The van der Waals surface area contributed by atoms with E-state index in [4.69, 9.17) is 5.73 Å². The zero-order chi connectivity index (χ0) is 19.6. The molecule has 0 spiro atoms. The first kappa shape index (κ1) is 19.8. The maximum absolute atomic E-state index is 11.6. The third-order valence-electron chi connectivity index (χ3n) is 5.47. The third kappa shape index (κ3) is 3.99. The molecule has 0 saturated heterocycles. The van der Waals surface area contributed by atoms with Gasteiger partial charge in [0, 0.05) is 29.8 Å². The number of hydrogen-bond donors (Lipinski definition) is 2. The third-order valence-corrected chi connectivity index (χ3v) is 6.13. The van der Waals surface area contributed by atoms with Crippen LogP contribution in [0, 0.1) is 0 Å². The lowest BCUT2D eigenvalue weighted by atomic mass is 9.81. The molecule has 1 atom stereocenters. The minimum Gasteiger partial charge on any atom is -0.402 e. The zero-order valence-electron chi connectivity index (χ0n) is 16.4. The molecule has 1 aliphatic heterocycles. The van der Waals surface area contributed by atoms with Crippen LogP contribution in [0.4, 0.5) is 5.69 Å². The normalized spacial score (nSPS) is 19.9. The van der Waals surface area contributed by atoms with Crippen molar-refractivity contribution in [2.45, 2.75) is 56.8 Å². The van der Waals surface area contributed by atoms with E-state index in [0.717, 1.165) is 49.2 Å². The van der Waals surface area contributed by atoms with Gasteiger partial charge in [-0.3, -0.25) is 0 Å². The molecule has 27 heavy (non-hydrogen) atoms. The van der Waals surface area contributed by atoms with Crippen LogP contribution in [0.2, 0.25) is 0 Å². The monoisotopic (exact) mass is 385 g/mol. The van der Waals surface area contributed by atoms with Crippen molar-refractivity contribution < 1.29 is 13.3 Å². The van der Waals surface area contributed by atoms with E-state index in [2.05, 4.69) is 43.6 Å². The van der Waals surface area contributed by atoms with Gasteiger partial charge in [0.1, 0.15) is 6.54 Å². The molecular formula is C22H29N2O2S+. The lowest BCUT2D eigenvalue weighted by Gasteiger charge is -2.16. The molecule has 0 fully saturated rings. The van der Waals surface area contributed by atoms with Crippen LogP contribution < -0.4 is 5.73 Å². The highest BCUT2D eigenvalue weighted by molar-refractivity contribution is 7.79. The molecule has 0 saturated carbocycles. The van der Waals surface area contributed by atoms with E-state index in [-0.39, 0.29) is 5.41 Å². The van der Waals surface area contributed by atoms with E-state index in [1.54, 1.807) is 6.07 Å². The summed E-state index contributed by atoms with van der Waals surface area (Å²) >= 11 is -1.97. The Hall–Kier alpha value is -1.98. The molecule has 4 nitrogen and oxygen atoms in total. The lowest BCUT2D eigenvalue weighted by Crippen LogP contribution is -2.28. The summed E-state index contributed by atoms with van der Waals surface area (Å²) in [6, 6.07) is 5.63. The number of unbranched alkanes of at least 4 members (excludes halogenated alkanes) is 1. The molecule has 3 N–H and O–H groups in total. The van der Waals surface area contributed by atoms with Gasteiger partial charge in [-0.05, 0) is 50.5 Å². The Kier molecular flexibility index (Phi) is 5.82. The van der Waals surface area contributed by atoms with Crippen molar-refractivity contribution in [1.82, 2.24) is 0 Å². The molecule has 0 bridgehead atoms. The Morgan fingerprint density at radius 3 is 2.67 bits per heavy atom. The van der Waals surface area contributed by atoms with E-state index in [9.17, 15) is 8.76 Å². The molecule has 0 aromatic heterocycles. The smallest absolute Gasteiger partial charge is 0.209 e. The van der Waals surface area contributed by atoms with Crippen LogP contribution in [0.15, 0.2) is 58.7 Å². The zero-order valence-corrected chi connectivity index (χ0v) is 17.2. The number of nitrogens with zero attached hydrogens (tertiary/aromatic N) is 1. The number of rotatable bonds is 6. The fourth-order valence-electron chi connectivity index (χ4n) is 3.81. The summed E-state index contributed by atoms with van der Waals surface area (Å²) < 4.78 is 23.4. The van der Waals surface area contributed by atoms with E-state index < -0.39 is 11.1 Å². The van der Waals surface area contributed by atoms with Gasteiger partial charge in [-0.1, -0.05) is 25.5 Å². The fraction of sp³-hybridized carbons (Fsp3) is 0.409. The van der Waals surface area contributed by atoms with Crippen molar-refractivity contribution in [3.05, 3.63) is 59.3 Å². The Morgan fingerprint density at radius 1 is 1.26 bits per heavy atom. The highest BCUT2D eigenvalue weighted by atomic mass is 32.2. The topological polar surface area (TPSA) is 66.3 Å². The van der Waals surface area contributed by atoms with Crippen molar-refractivity contribution in [1.29, 1.82) is 0 Å². The summed E-state index contributed by atoms with van der Waals surface area (Å²) in [6.45, 7) is 7.52. The van der Waals surface area contributed by atoms with Gasteiger partial charge >= 0.3 is 0 Å². The minimum absolute atomic E-state index is 0.223. The summed E-state index contributed by atoms with van der Waals surface area (Å²) in [5, 5.41) is 0. The molecule has 1 heterocycles. The van der Waals surface area contributed by atoms with Gasteiger partial charge in [-0.15, -0.1) is 0 Å². The van der Waals surface area contributed by atoms with Crippen molar-refractivity contribution >= 4 is 22.5 Å². The predicted molar refractivity (Wildman–Crippen MR) is 112 cm³/mol. The van der Waals surface area contributed by atoms with Crippen molar-refractivity contribution in [2.24, 2.45) is 5.73 Å². The van der Waals surface area contributed by atoms with E-state index in [1.807, 2.05) is 18.2 Å². The Balaban J connectivity index is 2.04. The van der Waals surface area contributed by atoms with Crippen LogP contribution in [0.3, 0.4) is 0 Å². The molecule has 0 radical (unpaired) electrons. The summed E-state index contributed by atoms with van der Waals surface area (Å²) in [5.74, 6) is 0. The number of hydrogen-bond acceptors (Lipinski definition) is 2. The van der Waals surface area contributed by atoms with Gasteiger partial charge in [0.25, 0.3) is 0 Å². The molecule has 0 amide bonds. The Morgan fingerprint density at radius 2 is 2.04 bits per heavy atom. The lowest BCUT2D eigenvalue weighted by molar-refractivity contribution is -0.438. The van der Waals surface area contributed by atoms with Gasteiger partial charge in [-0.2, -0.15) is 4.58 Å². The minimum atomic E-state index is -1.97. The van der Waals surface area contributed by atoms with Crippen LogP contribution >= 0.6 is 0 Å². The molecule has 1 aromatic carbocycles. The summed E-state index contributed by atoms with van der Waals surface area (Å²) in [7, 11) is 0. The number of allylic oxidation sites excluding steroid dienone is 6. The SMILES string of the molecule is CCCC[N+]1=C(/C=C/C2=CC=C(N)CC2)C(C)(C)c2cc(S(=O)O)ccc21. The van der Waals surface area contributed by atoms with E-state index in [0.29, 0.717) is 4.90 Å². The predicted octanol–water partition coefficient (Wildman–Crippen LogP) is 4.56. The van der Waals surface area contributed by atoms with Gasteiger partial charge < -0.3 is 10.3 Å². The molecule has 1 unspecified atom stereocenters. The molecule has 3 rings (SSSR count). The highest BCUT2D eigenvalue weighted by Gasteiger charge is 2.44. The number of nitrogens with two attached hydrogens (primary N) is 1. The highest BCUT2D eigenvalue weighted by Crippen LogP contribution is 2.41. The van der Waals surface area contributed by atoms with Gasteiger partial charge in [0.15, 0.2) is 16.8 Å². The van der Waals surface area contributed by atoms with Crippen LogP contribution in [-0.4, -0.2) is 25.6 Å². The van der Waals surface area contributed by atoms with Crippen molar-refractivity contribution in [2.75, 3.05) is 6.54 Å². The number of benzene rings is 1. The molecule has 1 aromatic rings. The quantitative estimate of drug-likeness (QED) is 0.557. The maximum atomic E-state index is 11.6. The average molecular weight is 386 g/mol. The summed E-state index contributed by atoms with van der Waals surface area (Å²) in [6.07, 6.45) is 12.6. The summed E-state index contributed by atoms with van der Waals surface area (Å²) in [5.41, 5.74) is 11.3. The van der Waals surface area contributed by atoms with Crippen molar-refractivity contribution in [3.8, 4) is 0 Å². The van der Waals surface area contributed by atoms with Gasteiger partial charge in [-0.25, -0.2) is 4.21 Å². The van der Waals surface area contributed by atoms with Crippen LogP contribution in [-0.2, 0) is 16.5 Å². The largest absolute Gasteiger partial charge is 0.402 e. The fourth-order valence-corrected chi connectivity index (χ4v) is 4.22. The maximum Gasteiger partial charge on any atom is 0.209 e. The van der Waals surface area contributed by atoms with Gasteiger partial charge in [0.2, 0.25) is 5.69 Å². The average Bonchev–Trinajstić information content (AvgIpc) is 2.85. The molecule has 144 valence electrons. The molecule has 5 heteroatoms. The van der Waals surface area contributed by atoms with Gasteiger partial charge in [0.05, 0.1) is 10.3 Å². The number of fused-ring (bicyclic) bond motifs is 1. The Bertz CT molecular complexity index is 892. The van der Waals surface area contributed by atoms with Crippen LogP contribution in [0.25, 0.3) is 0 Å².